The van der Waals surface area contributed by atoms with Crippen LogP contribution in [0.1, 0.15) is 24.8 Å². The molecule has 0 saturated heterocycles. The van der Waals surface area contributed by atoms with Crippen molar-refractivity contribution in [1.82, 2.24) is 9.71 Å². The standard InChI is InChI=1S/C18H19F3N2O4S/c19-18(20,21)14-7-16(25)22-15-4-3-11(6-12(14)15)28(26,27)23-17-10-2-1-9(5-10)13(17)8-24/h3-4,6-7,9-10,13,17,23-24H,1-2,5,8H2,(H,22,25)/t9-,10+,13+,17-/m0/s1. The van der Waals surface area contributed by atoms with Gasteiger partial charge in [0.2, 0.25) is 15.6 Å². The highest BCUT2D eigenvalue weighted by Crippen LogP contribution is 2.48. The van der Waals surface area contributed by atoms with Crippen LogP contribution in [0.3, 0.4) is 0 Å². The van der Waals surface area contributed by atoms with Crippen LogP contribution >= 0.6 is 0 Å². The van der Waals surface area contributed by atoms with Gasteiger partial charge in [-0.2, -0.15) is 13.2 Å². The van der Waals surface area contributed by atoms with Crippen molar-refractivity contribution in [2.45, 2.75) is 36.4 Å². The lowest BCUT2D eigenvalue weighted by atomic mass is 9.86. The summed E-state index contributed by atoms with van der Waals surface area (Å²) in [4.78, 5) is 13.5. The van der Waals surface area contributed by atoms with E-state index in [-0.39, 0.29) is 40.2 Å². The zero-order valence-corrected chi connectivity index (χ0v) is 15.5. The number of rotatable bonds is 4. The van der Waals surface area contributed by atoms with Gasteiger partial charge in [0.15, 0.2) is 0 Å². The smallest absolute Gasteiger partial charge is 0.396 e. The molecule has 2 bridgehead atoms. The minimum atomic E-state index is -4.80. The second kappa shape index (κ2) is 6.57. The Labute approximate surface area is 158 Å². The first-order valence-electron chi connectivity index (χ1n) is 8.97. The van der Waals surface area contributed by atoms with Crippen LogP contribution in [-0.4, -0.2) is 31.2 Å². The molecule has 1 heterocycles. The molecule has 2 aliphatic rings. The third-order valence-electron chi connectivity index (χ3n) is 6.02. The SMILES string of the molecule is O=c1cc(C(F)(F)F)c2cc(S(=O)(=O)N[C@H]3[C@@H]4CC[C@@H](C4)[C@H]3CO)ccc2[nH]1. The molecule has 0 amide bonds. The van der Waals surface area contributed by atoms with Crippen LogP contribution < -0.4 is 10.3 Å². The van der Waals surface area contributed by atoms with E-state index < -0.39 is 33.4 Å². The van der Waals surface area contributed by atoms with Gasteiger partial charge >= 0.3 is 6.18 Å². The van der Waals surface area contributed by atoms with Crippen LogP contribution in [0.25, 0.3) is 10.9 Å². The number of benzene rings is 1. The quantitative estimate of drug-likeness (QED) is 0.712. The average Bonchev–Trinajstić information content (AvgIpc) is 3.20. The van der Waals surface area contributed by atoms with E-state index in [9.17, 15) is 31.5 Å². The molecule has 10 heteroatoms. The zero-order chi connectivity index (χ0) is 20.3. The fourth-order valence-corrected chi connectivity index (χ4v) is 6.12. The molecule has 2 aliphatic carbocycles. The molecule has 4 atom stereocenters. The van der Waals surface area contributed by atoms with E-state index in [0.717, 1.165) is 31.4 Å². The number of sulfonamides is 1. The van der Waals surface area contributed by atoms with Crippen LogP contribution in [-0.2, 0) is 16.2 Å². The molecular weight excluding hydrogens is 397 g/mol. The van der Waals surface area contributed by atoms with Gasteiger partial charge < -0.3 is 10.1 Å². The number of fused-ring (bicyclic) bond motifs is 3. The summed E-state index contributed by atoms with van der Waals surface area (Å²) in [5.74, 6) is 0.205. The van der Waals surface area contributed by atoms with Gasteiger partial charge in [-0.25, -0.2) is 13.1 Å². The first-order chi connectivity index (χ1) is 13.1. The van der Waals surface area contributed by atoms with Gasteiger partial charge in [0.1, 0.15) is 0 Å². The maximum absolute atomic E-state index is 13.3. The number of hydrogen-bond donors (Lipinski definition) is 3. The Hall–Kier alpha value is -1.91. The Morgan fingerprint density at radius 1 is 1.18 bits per heavy atom. The molecule has 0 radical (unpaired) electrons. The Morgan fingerprint density at radius 3 is 2.57 bits per heavy atom. The summed E-state index contributed by atoms with van der Waals surface area (Å²) in [5, 5.41) is 9.24. The molecule has 6 nitrogen and oxygen atoms in total. The van der Waals surface area contributed by atoms with E-state index >= 15 is 0 Å². The van der Waals surface area contributed by atoms with Gasteiger partial charge in [0.25, 0.3) is 0 Å². The number of aromatic amines is 1. The molecule has 1 aromatic heterocycles. The van der Waals surface area contributed by atoms with Gasteiger partial charge in [-0.05, 0) is 49.3 Å². The Bertz CT molecular complexity index is 1080. The first kappa shape index (κ1) is 19.4. The lowest BCUT2D eigenvalue weighted by Gasteiger charge is -2.30. The number of aromatic nitrogens is 1. The van der Waals surface area contributed by atoms with E-state index in [2.05, 4.69) is 9.71 Å². The molecule has 3 N–H and O–H groups in total. The minimum Gasteiger partial charge on any atom is -0.396 e. The Balaban J connectivity index is 1.74. The third kappa shape index (κ3) is 3.23. The van der Waals surface area contributed by atoms with Crippen LogP contribution in [0.5, 0.6) is 0 Å². The summed E-state index contributed by atoms with van der Waals surface area (Å²) < 4.78 is 68.2. The van der Waals surface area contributed by atoms with Crippen LogP contribution in [0.4, 0.5) is 13.2 Å². The molecule has 28 heavy (non-hydrogen) atoms. The zero-order valence-electron chi connectivity index (χ0n) is 14.7. The largest absolute Gasteiger partial charge is 0.417 e. The summed E-state index contributed by atoms with van der Waals surface area (Å²) in [6, 6.07) is 3.25. The van der Waals surface area contributed by atoms with Crippen molar-refractivity contribution in [2.24, 2.45) is 17.8 Å². The molecular formula is C18H19F3N2O4S. The molecule has 2 fully saturated rings. The van der Waals surface area contributed by atoms with Gasteiger partial charge in [0, 0.05) is 35.5 Å². The highest BCUT2D eigenvalue weighted by Gasteiger charge is 2.48. The summed E-state index contributed by atoms with van der Waals surface area (Å²) in [7, 11) is -4.09. The van der Waals surface area contributed by atoms with Crippen LogP contribution in [0.15, 0.2) is 34.0 Å². The minimum absolute atomic E-state index is 0.0908. The van der Waals surface area contributed by atoms with Crippen molar-refractivity contribution in [3.8, 4) is 0 Å². The van der Waals surface area contributed by atoms with Crippen molar-refractivity contribution >= 4 is 20.9 Å². The van der Waals surface area contributed by atoms with Crippen molar-refractivity contribution in [2.75, 3.05) is 6.61 Å². The lowest BCUT2D eigenvalue weighted by Crippen LogP contribution is -2.45. The fraction of sp³-hybridized carbons (Fsp3) is 0.500. The number of nitrogens with one attached hydrogen (secondary N) is 2. The maximum atomic E-state index is 13.3. The summed E-state index contributed by atoms with van der Waals surface area (Å²) in [6.07, 6.45) is -2.14. The van der Waals surface area contributed by atoms with E-state index in [1.165, 1.54) is 6.07 Å². The van der Waals surface area contributed by atoms with Crippen molar-refractivity contribution in [1.29, 1.82) is 0 Å². The van der Waals surface area contributed by atoms with E-state index in [1.807, 2.05) is 0 Å². The first-order valence-corrected chi connectivity index (χ1v) is 10.5. The molecule has 4 rings (SSSR count). The average molecular weight is 416 g/mol. The Morgan fingerprint density at radius 2 is 1.89 bits per heavy atom. The maximum Gasteiger partial charge on any atom is 0.417 e. The number of pyridine rings is 1. The van der Waals surface area contributed by atoms with Crippen molar-refractivity contribution < 1.29 is 26.7 Å². The van der Waals surface area contributed by atoms with Crippen LogP contribution in [0.2, 0.25) is 0 Å². The monoisotopic (exact) mass is 416 g/mol. The second-order valence-corrected chi connectivity index (χ2v) is 9.29. The van der Waals surface area contributed by atoms with Crippen molar-refractivity contribution in [3.63, 3.8) is 0 Å². The predicted octanol–water partition coefficient (Wildman–Crippen LogP) is 2.23. The molecule has 0 spiro atoms. The summed E-state index contributed by atoms with van der Waals surface area (Å²) in [6.45, 7) is -0.133. The molecule has 152 valence electrons. The highest BCUT2D eigenvalue weighted by molar-refractivity contribution is 7.89. The second-order valence-electron chi connectivity index (χ2n) is 7.58. The molecule has 0 unspecified atom stereocenters. The van der Waals surface area contributed by atoms with E-state index in [0.29, 0.717) is 6.07 Å². The highest BCUT2D eigenvalue weighted by atomic mass is 32.2. The molecule has 2 saturated carbocycles. The van der Waals surface area contributed by atoms with Crippen LogP contribution in [0, 0.1) is 17.8 Å². The van der Waals surface area contributed by atoms with Gasteiger partial charge in [0.05, 0.1) is 10.5 Å². The number of halogens is 3. The molecule has 0 aliphatic heterocycles. The van der Waals surface area contributed by atoms with E-state index in [1.54, 1.807) is 0 Å². The molecule has 1 aromatic carbocycles. The fourth-order valence-electron chi connectivity index (χ4n) is 4.74. The Kier molecular flexibility index (Phi) is 4.55. The topological polar surface area (TPSA) is 99.3 Å². The summed E-state index contributed by atoms with van der Waals surface area (Å²) in [5.41, 5.74) is -2.19. The summed E-state index contributed by atoms with van der Waals surface area (Å²) >= 11 is 0. The van der Waals surface area contributed by atoms with Gasteiger partial charge in [-0.1, -0.05) is 0 Å². The van der Waals surface area contributed by atoms with E-state index in [4.69, 9.17) is 0 Å². The third-order valence-corrected chi connectivity index (χ3v) is 7.48. The van der Waals surface area contributed by atoms with Gasteiger partial charge in [-0.3, -0.25) is 4.79 Å². The number of alkyl halides is 3. The normalized spacial score (nSPS) is 27.6. The number of hydrogen-bond acceptors (Lipinski definition) is 4. The van der Waals surface area contributed by atoms with Crippen molar-refractivity contribution in [3.05, 3.63) is 40.2 Å². The number of aliphatic hydroxyl groups is 1. The number of aliphatic hydroxyl groups excluding tert-OH is 1. The lowest BCUT2D eigenvalue weighted by molar-refractivity contribution is -0.136. The number of H-pyrrole nitrogens is 1. The van der Waals surface area contributed by atoms with Gasteiger partial charge in [-0.15, -0.1) is 0 Å². The predicted molar refractivity (Wildman–Crippen MR) is 95.1 cm³/mol. The molecule has 2 aromatic rings.